The molecular formula is C18H25ClF3N3O. The molecule has 8 heteroatoms. The van der Waals surface area contributed by atoms with Gasteiger partial charge in [-0.3, -0.25) is 4.99 Å². The van der Waals surface area contributed by atoms with Crippen LogP contribution in [0.3, 0.4) is 0 Å². The minimum absolute atomic E-state index is 0.0493. The Labute approximate surface area is 156 Å². The Morgan fingerprint density at radius 1 is 1.31 bits per heavy atom. The van der Waals surface area contributed by atoms with E-state index in [0.29, 0.717) is 35.9 Å². The first kappa shape index (κ1) is 20.8. The number of aliphatic imine (C=N–C) groups is 1. The van der Waals surface area contributed by atoms with E-state index >= 15 is 0 Å². The SMILES string of the molecule is CCNC(=NCC(O)c1ccc(Cl)cc1)NC1CCCC(C(F)(F)F)C1. The van der Waals surface area contributed by atoms with Gasteiger partial charge in [-0.15, -0.1) is 0 Å². The van der Waals surface area contributed by atoms with Gasteiger partial charge in [0.15, 0.2) is 5.96 Å². The number of nitrogens with zero attached hydrogens (tertiary/aromatic N) is 1. The molecule has 2 rings (SSSR count). The van der Waals surface area contributed by atoms with Crippen LogP contribution in [0.2, 0.25) is 5.02 Å². The van der Waals surface area contributed by atoms with Crippen LogP contribution in [0.5, 0.6) is 0 Å². The first-order valence-corrected chi connectivity index (χ1v) is 9.22. The van der Waals surface area contributed by atoms with Crippen molar-refractivity contribution in [3.05, 3.63) is 34.9 Å². The second-order valence-electron chi connectivity index (χ2n) is 6.53. The Hall–Kier alpha value is -1.47. The summed E-state index contributed by atoms with van der Waals surface area (Å²) in [4.78, 5) is 4.32. The first-order valence-electron chi connectivity index (χ1n) is 8.84. The van der Waals surface area contributed by atoms with Crippen molar-refractivity contribution >= 4 is 17.6 Å². The van der Waals surface area contributed by atoms with E-state index < -0.39 is 18.2 Å². The highest BCUT2D eigenvalue weighted by Crippen LogP contribution is 2.37. The van der Waals surface area contributed by atoms with Gasteiger partial charge in [0.1, 0.15) is 0 Å². The zero-order valence-corrected chi connectivity index (χ0v) is 15.4. The minimum atomic E-state index is -4.15. The van der Waals surface area contributed by atoms with Gasteiger partial charge in [-0.25, -0.2) is 0 Å². The molecule has 3 unspecified atom stereocenters. The number of alkyl halides is 3. The van der Waals surface area contributed by atoms with Gasteiger partial charge in [-0.2, -0.15) is 13.2 Å². The average Bonchev–Trinajstić information content (AvgIpc) is 2.60. The molecule has 146 valence electrons. The quantitative estimate of drug-likeness (QED) is 0.524. The lowest BCUT2D eigenvalue weighted by molar-refractivity contribution is -0.183. The third kappa shape index (κ3) is 6.36. The maximum Gasteiger partial charge on any atom is 0.391 e. The highest BCUT2D eigenvalue weighted by Gasteiger charge is 2.42. The van der Waals surface area contributed by atoms with Crippen molar-refractivity contribution in [2.45, 2.75) is 50.9 Å². The number of hydrogen-bond acceptors (Lipinski definition) is 2. The Kier molecular flexibility index (Phi) is 7.58. The molecule has 3 N–H and O–H groups in total. The number of hydrogen-bond donors (Lipinski definition) is 3. The highest BCUT2D eigenvalue weighted by atomic mass is 35.5. The van der Waals surface area contributed by atoms with Gasteiger partial charge in [-0.05, 0) is 43.9 Å². The van der Waals surface area contributed by atoms with Gasteiger partial charge in [0.25, 0.3) is 0 Å². The molecule has 1 aliphatic carbocycles. The lowest BCUT2D eigenvalue weighted by atomic mass is 9.85. The minimum Gasteiger partial charge on any atom is -0.386 e. The largest absolute Gasteiger partial charge is 0.391 e. The summed E-state index contributed by atoms with van der Waals surface area (Å²) in [6, 6.07) is 6.54. The fraction of sp³-hybridized carbons (Fsp3) is 0.611. The number of halogens is 4. The maximum absolute atomic E-state index is 13.0. The van der Waals surface area contributed by atoms with Crippen LogP contribution in [0.25, 0.3) is 0 Å². The maximum atomic E-state index is 13.0. The van der Waals surface area contributed by atoms with Crippen LogP contribution < -0.4 is 10.6 Å². The van der Waals surface area contributed by atoms with Crippen molar-refractivity contribution in [1.82, 2.24) is 10.6 Å². The van der Waals surface area contributed by atoms with Gasteiger partial charge in [-0.1, -0.05) is 30.2 Å². The molecule has 0 spiro atoms. The monoisotopic (exact) mass is 391 g/mol. The van der Waals surface area contributed by atoms with Crippen LogP contribution in [-0.2, 0) is 0 Å². The van der Waals surface area contributed by atoms with Crippen molar-refractivity contribution in [3.63, 3.8) is 0 Å². The number of benzene rings is 1. The molecule has 0 heterocycles. The van der Waals surface area contributed by atoms with E-state index in [4.69, 9.17) is 11.6 Å². The molecule has 3 atom stereocenters. The summed E-state index contributed by atoms with van der Waals surface area (Å²) >= 11 is 5.83. The summed E-state index contributed by atoms with van der Waals surface area (Å²) in [5.74, 6) is -0.843. The van der Waals surface area contributed by atoms with E-state index in [-0.39, 0.29) is 25.4 Å². The lowest BCUT2D eigenvalue weighted by Crippen LogP contribution is -2.47. The second-order valence-corrected chi connectivity index (χ2v) is 6.97. The third-order valence-electron chi connectivity index (χ3n) is 4.50. The number of nitrogens with one attached hydrogen (secondary N) is 2. The van der Waals surface area contributed by atoms with Crippen LogP contribution in [0.15, 0.2) is 29.3 Å². The van der Waals surface area contributed by atoms with Crippen molar-refractivity contribution in [1.29, 1.82) is 0 Å². The molecule has 1 saturated carbocycles. The van der Waals surface area contributed by atoms with Crippen LogP contribution >= 0.6 is 11.6 Å². The van der Waals surface area contributed by atoms with Crippen LogP contribution in [-0.4, -0.2) is 36.4 Å². The summed E-state index contributed by atoms with van der Waals surface area (Å²) in [5.41, 5.74) is 0.684. The third-order valence-corrected chi connectivity index (χ3v) is 4.75. The number of guanidine groups is 1. The van der Waals surface area contributed by atoms with E-state index in [0.717, 1.165) is 0 Å². The molecule has 0 radical (unpaired) electrons. The molecule has 1 aromatic rings. The van der Waals surface area contributed by atoms with E-state index in [1.807, 2.05) is 6.92 Å². The van der Waals surface area contributed by atoms with Gasteiger partial charge in [0, 0.05) is 17.6 Å². The predicted molar refractivity (Wildman–Crippen MR) is 97.3 cm³/mol. The predicted octanol–water partition coefficient (Wildman–Crippen LogP) is 4.05. The van der Waals surface area contributed by atoms with Crippen molar-refractivity contribution < 1.29 is 18.3 Å². The number of aliphatic hydroxyl groups is 1. The summed E-state index contributed by atoms with van der Waals surface area (Å²) < 4.78 is 38.9. The lowest BCUT2D eigenvalue weighted by Gasteiger charge is -2.32. The fourth-order valence-electron chi connectivity index (χ4n) is 3.10. The van der Waals surface area contributed by atoms with Gasteiger partial charge < -0.3 is 15.7 Å². The first-order chi connectivity index (χ1) is 12.3. The molecule has 4 nitrogen and oxygen atoms in total. The van der Waals surface area contributed by atoms with Gasteiger partial charge in [0.2, 0.25) is 0 Å². The van der Waals surface area contributed by atoms with E-state index in [1.165, 1.54) is 0 Å². The summed E-state index contributed by atoms with van der Waals surface area (Å²) in [7, 11) is 0. The molecule has 1 fully saturated rings. The highest BCUT2D eigenvalue weighted by molar-refractivity contribution is 6.30. The van der Waals surface area contributed by atoms with E-state index in [9.17, 15) is 18.3 Å². The molecule has 0 aliphatic heterocycles. The topological polar surface area (TPSA) is 56.7 Å². The Bertz CT molecular complexity index is 592. The molecule has 1 aromatic carbocycles. The van der Waals surface area contributed by atoms with Crippen molar-refractivity contribution in [2.75, 3.05) is 13.1 Å². The molecule has 0 amide bonds. The van der Waals surface area contributed by atoms with Crippen LogP contribution in [0, 0.1) is 5.92 Å². The second kappa shape index (κ2) is 9.46. The summed E-state index contributed by atoms with van der Waals surface area (Å²) in [6.45, 7) is 2.57. The normalized spacial score (nSPS) is 22.8. The van der Waals surface area contributed by atoms with Crippen molar-refractivity contribution in [3.8, 4) is 0 Å². The molecule has 0 aromatic heterocycles. The fourth-order valence-corrected chi connectivity index (χ4v) is 3.23. The molecule has 0 bridgehead atoms. The zero-order valence-electron chi connectivity index (χ0n) is 14.7. The smallest absolute Gasteiger partial charge is 0.386 e. The molecule has 1 aliphatic rings. The van der Waals surface area contributed by atoms with Crippen LogP contribution in [0.4, 0.5) is 13.2 Å². The van der Waals surface area contributed by atoms with Gasteiger partial charge in [0.05, 0.1) is 18.6 Å². The van der Waals surface area contributed by atoms with Gasteiger partial charge >= 0.3 is 6.18 Å². The molecular weight excluding hydrogens is 367 g/mol. The summed E-state index contributed by atoms with van der Waals surface area (Å²) in [6.07, 6.45) is -3.51. The summed E-state index contributed by atoms with van der Waals surface area (Å²) in [5, 5.41) is 16.9. The Morgan fingerprint density at radius 3 is 2.62 bits per heavy atom. The standard InChI is InChI=1S/C18H25ClF3N3O/c1-2-23-17(24-11-16(26)12-6-8-14(19)9-7-12)25-15-5-3-4-13(10-15)18(20,21)22/h6-9,13,15-16,26H,2-5,10-11H2,1H3,(H2,23,24,25). The Balaban J connectivity index is 1.96. The zero-order chi connectivity index (χ0) is 19.2. The van der Waals surface area contributed by atoms with E-state index in [1.54, 1.807) is 24.3 Å². The number of aliphatic hydroxyl groups excluding tert-OH is 1. The molecule has 26 heavy (non-hydrogen) atoms. The van der Waals surface area contributed by atoms with E-state index in [2.05, 4.69) is 15.6 Å². The van der Waals surface area contributed by atoms with Crippen LogP contribution in [0.1, 0.15) is 44.3 Å². The average molecular weight is 392 g/mol. The number of rotatable bonds is 5. The molecule has 0 saturated heterocycles. The Morgan fingerprint density at radius 2 is 2.00 bits per heavy atom. The van der Waals surface area contributed by atoms with Crippen molar-refractivity contribution in [2.24, 2.45) is 10.9 Å².